The first kappa shape index (κ1) is 18.8. The van der Waals surface area contributed by atoms with Crippen LogP contribution in [0.1, 0.15) is 33.1 Å². The highest BCUT2D eigenvalue weighted by Gasteiger charge is 2.22. The van der Waals surface area contributed by atoms with E-state index >= 15 is 0 Å². The molecule has 0 bridgehead atoms. The molecule has 1 N–H and O–H groups in total. The van der Waals surface area contributed by atoms with Crippen LogP contribution in [0, 0.1) is 5.92 Å². The summed E-state index contributed by atoms with van der Waals surface area (Å²) in [6.45, 7) is 4.31. The SMILES string of the molecule is COC(=O)C(CC(C)C)NC(=O)CCCn1c(=O)oc2ccccc21. The second kappa shape index (κ2) is 8.50. The number of rotatable bonds is 8. The molecule has 1 aromatic carbocycles. The van der Waals surface area contributed by atoms with Crippen molar-refractivity contribution in [3.05, 3.63) is 34.8 Å². The maximum atomic E-state index is 12.1. The maximum absolute atomic E-state index is 12.1. The van der Waals surface area contributed by atoms with Crippen LogP contribution in [0.4, 0.5) is 0 Å². The van der Waals surface area contributed by atoms with Gasteiger partial charge in [0.15, 0.2) is 5.58 Å². The molecule has 1 amide bonds. The second-order valence-corrected chi connectivity index (χ2v) is 6.36. The van der Waals surface area contributed by atoms with E-state index in [-0.39, 0.29) is 18.2 Å². The zero-order valence-electron chi connectivity index (χ0n) is 14.8. The van der Waals surface area contributed by atoms with Crippen LogP contribution in [0.15, 0.2) is 33.5 Å². The van der Waals surface area contributed by atoms with Crippen molar-refractivity contribution < 1.29 is 18.7 Å². The van der Waals surface area contributed by atoms with Gasteiger partial charge in [-0.15, -0.1) is 0 Å². The molecule has 2 rings (SSSR count). The molecule has 25 heavy (non-hydrogen) atoms. The van der Waals surface area contributed by atoms with Crippen molar-refractivity contribution in [2.45, 2.75) is 45.7 Å². The van der Waals surface area contributed by atoms with Gasteiger partial charge in [-0.05, 0) is 30.9 Å². The Hall–Kier alpha value is -2.57. The average molecular weight is 348 g/mol. The van der Waals surface area contributed by atoms with E-state index in [1.807, 2.05) is 19.9 Å². The van der Waals surface area contributed by atoms with Crippen molar-refractivity contribution >= 4 is 23.0 Å². The molecule has 0 saturated carbocycles. The quantitative estimate of drug-likeness (QED) is 0.738. The van der Waals surface area contributed by atoms with Gasteiger partial charge >= 0.3 is 11.7 Å². The average Bonchev–Trinajstić information content (AvgIpc) is 2.89. The molecule has 0 fully saturated rings. The number of hydrogen-bond acceptors (Lipinski definition) is 5. The Labute approximate surface area is 145 Å². The summed E-state index contributed by atoms with van der Waals surface area (Å²) in [5, 5.41) is 2.71. The van der Waals surface area contributed by atoms with Gasteiger partial charge in [-0.1, -0.05) is 26.0 Å². The van der Waals surface area contributed by atoms with E-state index in [1.54, 1.807) is 18.2 Å². The Balaban J connectivity index is 1.92. The van der Waals surface area contributed by atoms with Crippen LogP contribution in [0.3, 0.4) is 0 Å². The minimum absolute atomic E-state index is 0.206. The zero-order chi connectivity index (χ0) is 18.4. The van der Waals surface area contributed by atoms with Gasteiger partial charge in [0.25, 0.3) is 0 Å². The van der Waals surface area contributed by atoms with Gasteiger partial charge in [-0.2, -0.15) is 0 Å². The van der Waals surface area contributed by atoms with Gasteiger partial charge in [0.05, 0.1) is 12.6 Å². The summed E-state index contributed by atoms with van der Waals surface area (Å²) in [4.78, 5) is 35.7. The largest absolute Gasteiger partial charge is 0.467 e. The van der Waals surface area contributed by atoms with Crippen molar-refractivity contribution in [3.63, 3.8) is 0 Å². The predicted molar refractivity (Wildman–Crippen MR) is 93.1 cm³/mol. The van der Waals surface area contributed by atoms with E-state index < -0.39 is 17.8 Å². The Morgan fingerprint density at radius 1 is 1.28 bits per heavy atom. The Morgan fingerprint density at radius 2 is 2.00 bits per heavy atom. The number of aryl methyl sites for hydroxylation is 1. The van der Waals surface area contributed by atoms with Crippen molar-refractivity contribution in [1.82, 2.24) is 9.88 Å². The number of hydrogen-bond donors (Lipinski definition) is 1. The van der Waals surface area contributed by atoms with E-state index in [0.717, 1.165) is 0 Å². The monoisotopic (exact) mass is 348 g/mol. The van der Waals surface area contributed by atoms with Crippen LogP contribution in [-0.2, 0) is 20.9 Å². The molecule has 1 atom stereocenters. The number of para-hydroxylation sites is 2. The van der Waals surface area contributed by atoms with Gasteiger partial charge in [-0.25, -0.2) is 9.59 Å². The minimum atomic E-state index is -0.644. The van der Waals surface area contributed by atoms with Gasteiger partial charge in [-0.3, -0.25) is 9.36 Å². The van der Waals surface area contributed by atoms with Gasteiger partial charge in [0.2, 0.25) is 5.91 Å². The summed E-state index contributed by atoms with van der Waals surface area (Å²) in [7, 11) is 1.30. The van der Waals surface area contributed by atoms with Gasteiger partial charge in [0, 0.05) is 13.0 Å². The summed E-state index contributed by atoms with van der Waals surface area (Å²) in [5.41, 5.74) is 1.24. The lowest BCUT2D eigenvalue weighted by molar-refractivity contribution is -0.145. The first-order valence-electron chi connectivity index (χ1n) is 8.38. The number of nitrogens with one attached hydrogen (secondary N) is 1. The molecule has 0 saturated heterocycles. The molecule has 7 heteroatoms. The van der Waals surface area contributed by atoms with Crippen LogP contribution in [0.2, 0.25) is 0 Å². The third-order valence-electron chi connectivity index (χ3n) is 3.89. The normalized spacial score (nSPS) is 12.3. The fraction of sp³-hybridized carbons (Fsp3) is 0.500. The maximum Gasteiger partial charge on any atom is 0.419 e. The molecule has 0 aliphatic heterocycles. The van der Waals surface area contributed by atoms with Crippen molar-refractivity contribution in [2.24, 2.45) is 5.92 Å². The third-order valence-corrected chi connectivity index (χ3v) is 3.89. The third kappa shape index (κ3) is 4.95. The van der Waals surface area contributed by atoms with Gasteiger partial charge < -0.3 is 14.5 Å². The zero-order valence-corrected chi connectivity index (χ0v) is 14.8. The number of ether oxygens (including phenoxy) is 1. The molecule has 1 unspecified atom stereocenters. The van der Waals surface area contributed by atoms with Crippen LogP contribution in [-0.4, -0.2) is 29.6 Å². The molecule has 1 heterocycles. The van der Waals surface area contributed by atoms with Crippen molar-refractivity contribution in [1.29, 1.82) is 0 Å². The van der Waals surface area contributed by atoms with E-state index in [2.05, 4.69) is 5.32 Å². The molecule has 136 valence electrons. The number of amides is 1. The van der Waals surface area contributed by atoms with E-state index in [9.17, 15) is 14.4 Å². The second-order valence-electron chi connectivity index (χ2n) is 6.36. The van der Waals surface area contributed by atoms with Gasteiger partial charge in [0.1, 0.15) is 6.04 Å². The number of esters is 1. The predicted octanol–water partition coefficient (Wildman–Crippen LogP) is 2.08. The highest BCUT2D eigenvalue weighted by Crippen LogP contribution is 2.12. The Morgan fingerprint density at radius 3 is 2.68 bits per heavy atom. The number of aromatic nitrogens is 1. The lowest BCUT2D eigenvalue weighted by atomic mass is 10.0. The van der Waals surface area contributed by atoms with Crippen LogP contribution >= 0.6 is 0 Å². The number of benzene rings is 1. The Bertz CT molecular complexity index is 790. The fourth-order valence-corrected chi connectivity index (χ4v) is 2.72. The number of fused-ring (bicyclic) bond motifs is 1. The number of carbonyl (C=O) groups excluding carboxylic acids is 2. The van der Waals surface area contributed by atoms with Crippen LogP contribution < -0.4 is 11.1 Å². The highest BCUT2D eigenvalue weighted by atomic mass is 16.5. The topological polar surface area (TPSA) is 90.5 Å². The highest BCUT2D eigenvalue weighted by molar-refractivity contribution is 5.84. The summed E-state index contributed by atoms with van der Waals surface area (Å²) < 4.78 is 11.4. The molecule has 0 spiro atoms. The van der Waals surface area contributed by atoms with E-state index in [0.29, 0.717) is 30.5 Å². The number of nitrogens with zero attached hydrogens (tertiary/aromatic N) is 1. The number of oxazole rings is 1. The number of methoxy groups -OCH3 is 1. The molecule has 0 radical (unpaired) electrons. The fourth-order valence-electron chi connectivity index (χ4n) is 2.72. The molecule has 0 aliphatic rings. The van der Waals surface area contributed by atoms with E-state index in [4.69, 9.17) is 9.15 Å². The minimum Gasteiger partial charge on any atom is -0.467 e. The Kier molecular flexibility index (Phi) is 6.38. The lowest BCUT2D eigenvalue weighted by Gasteiger charge is -2.18. The van der Waals surface area contributed by atoms with Crippen LogP contribution in [0.25, 0.3) is 11.1 Å². The molecule has 1 aromatic heterocycles. The molecular weight excluding hydrogens is 324 g/mol. The first-order chi connectivity index (χ1) is 11.9. The van der Waals surface area contributed by atoms with E-state index in [1.165, 1.54) is 11.7 Å². The summed E-state index contributed by atoms with van der Waals surface area (Å²) in [6, 6.07) is 6.51. The first-order valence-corrected chi connectivity index (χ1v) is 8.38. The van der Waals surface area contributed by atoms with Crippen molar-refractivity contribution in [3.8, 4) is 0 Å². The summed E-state index contributed by atoms with van der Waals surface area (Å²) in [6.07, 6.45) is 1.19. The molecule has 2 aromatic rings. The van der Waals surface area contributed by atoms with Crippen LogP contribution in [0.5, 0.6) is 0 Å². The summed E-state index contributed by atoms with van der Waals surface area (Å²) in [5.74, 6) is -0.870. The summed E-state index contributed by atoms with van der Waals surface area (Å²) >= 11 is 0. The number of carbonyl (C=O) groups is 2. The lowest BCUT2D eigenvalue weighted by Crippen LogP contribution is -2.42. The molecule has 0 aliphatic carbocycles. The smallest absolute Gasteiger partial charge is 0.419 e. The standard InChI is InChI=1S/C18H24N2O5/c1-12(2)11-13(17(22)24-3)19-16(21)9-6-10-20-14-7-4-5-8-15(14)25-18(20)23/h4-5,7-8,12-13H,6,9-11H2,1-3H3,(H,19,21). The molecule has 7 nitrogen and oxygen atoms in total. The van der Waals surface area contributed by atoms with Crippen molar-refractivity contribution in [2.75, 3.05) is 7.11 Å². The molecular formula is C18H24N2O5.